The number of quaternary nitrogens is 1. The summed E-state index contributed by atoms with van der Waals surface area (Å²) < 4.78 is 0. The number of aryl methyl sites for hydroxylation is 1. The molecule has 1 aliphatic heterocycles. The number of nitrogens with two attached hydrogens (primary N) is 1. The van der Waals surface area contributed by atoms with Crippen LogP contribution in [-0.4, -0.2) is 35.6 Å². The molecule has 0 unspecified atom stereocenters. The lowest BCUT2D eigenvalue weighted by molar-refractivity contribution is -0.650. The molecule has 0 radical (unpaired) electrons. The van der Waals surface area contributed by atoms with Gasteiger partial charge in [0.15, 0.2) is 0 Å². The summed E-state index contributed by atoms with van der Waals surface area (Å²) in [6.45, 7) is 7.26. The maximum absolute atomic E-state index is 8.94. The van der Waals surface area contributed by atoms with Crippen LogP contribution < -0.4 is 10.2 Å². The first-order chi connectivity index (χ1) is 8.20. The van der Waals surface area contributed by atoms with Crippen LogP contribution in [-0.2, 0) is 0 Å². The van der Waals surface area contributed by atoms with Crippen LogP contribution in [0.3, 0.4) is 0 Å². The van der Waals surface area contributed by atoms with Crippen LogP contribution in [0.2, 0.25) is 0 Å². The first kappa shape index (κ1) is 11.8. The molecule has 2 heterocycles. The second-order valence-corrected chi connectivity index (χ2v) is 4.47. The van der Waals surface area contributed by atoms with Crippen molar-refractivity contribution in [2.45, 2.75) is 26.3 Å². The summed E-state index contributed by atoms with van der Waals surface area (Å²) in [6, 6.07) is 4.35. The maximum Gasteiger partial charge on any atom is 0.146 e. The molecular formula is C12H18N5+. The monoisotopic (exact) mass is 232 g/mol. The largest absolute Gasteiger partial charge is 0.348 e. The van der Waals surface area contributed by atoms with Gasteiger partial charge in [-0.1, -0.05) is 0 Å². The van der Waals surface area contributed by atoms with Crippen LogP contribution in [0.25, 0.3) is 0 Å². The predicted octanol–water partition coefficient (Wildman–Crippen LogP) is -0.181. The second-order valence-electron chi connectivity index (χ2n) is 4.47. The van der Waals surface area contributed by atoms with Gasteiger partial charge in [-0.05, 0) is 13.8 Å². The lowest BCUT2D eigenvalue weighted by Crippen LogP contribution is -2.84. The van der Waals surface area contributed by atoms with E-state index in [1.54, 1.807) is 6.07 Å². The van der Waals surface area contributed by atoms with Gasteiger partial charge in [-0.3, -0.25) is 0 Å². The van der Waals surface area contributed by atoms with E-state index in [0.29, 0.717) is 17.6 Å². The lowest BCUT2D eigenvalue weighted by atomic mass is 10.2. The third-order valence-corrected chi connectivity index (χ3v) is 3.13. The van der Waals surface area contributed by atoms with Gasteiger partial charge in [0.1, 0.15) is 23.4 Å². The smallest absolute Gasteiger partial charge is 0.146 e. The van der Waals surface area contributed by atoms with Crippen LogP contribution in [0.1, 0.15) is 24.9 Å². The second kappa shape index (κ2) is 5.11. The molecule has 2 rings (SSSR count). The molecule has 1 aromatic rings. The quantitative estimate of drug-likeness (QED) is 0.729. The number of anilines is 1. The zero-order chi connectivity index (χ0) is 12.3. The first-order valence-corrected chi connectivity index (χ1v) is 6.05. The fourth-order valence-electron chi connectivity index (χ4n) is 2.21. The Morgan fingerprint density at radius 3 is 3.06 bits per heavy atom. The molecule has 0 spiro atoms. The topological polar surface area (TPSA) is 69.4 Å². The number of nitriles is 1. The van der Waals surface area contributed by atoms with Crippen molar-refractivity contribution in [2.24, 2.45) is 0 Å². The van der Waals surface area contributed by atoms with E-state index in [1.165, 1.54) is 0 Å². The maximum atomic E-state index is 8.94. The van der Waals surface area contributed by atoms with E-state index < -0.39 is 0 Å². The molecule has 0 aliphatic carbocycles. The highest BCUT2D eigenvalue weighted by molar-refractivity contribution is 5.43. The summed E-state index contributed by atoms with van der Waals surface area (Å²) >= 11 is 0. The van der Waals surface area contributed by atoms with Gasteiger partial charge in [0.2, 0.25) is 0 Å². The van der Waals surface area contributed by atoms with Crippen molar-refractivity contribution in [3.8, 4) is 6.07 Å². The van der Waals surface area contributed by atoms with E-state index in [-0.39, 0.29) is 0 Å². The zero-order valence-electron chi connectivity index (χ0n) is 10.3. The normalized spacial score (nSPS) is 20.8. The molecule has 1 aliphatic rings. The minimum absolute atomic E-state index is 0.452. The Hall–Kier alpha value is -1.67. The molecule has 0 amide bonds. The molecule has 0 saturated carbocycles. The summed E-state index contributed by atoms with van der Waals surface area (Å²) in [4.78, 5) is 10.8. The van der Waals surface area contributed by atoms with Gasteiger partial charge in [0, 0.05) is 18.5 Å². The van der Waals surface area contributed by atoms with Crippen molar-refractivity contribution < 1.29 is 5.32 Å². The van der Waals surface area contributed by atoms with Crippen LogP contribution >= 0.6 is 0 Å². The van der Waals surface area contributed by atoms with Crippen molar-refractivity contribution in [1.82, 2.24) is 9.97 Å². The standard InChI is InChI=1S/C12H17N5/c1-9-3-4-14-5-6-17(9)12-7-11(8-13)15-10(2)16-12/h7,9,14H,3-6H2,1-2H3/p+1/t9-/m0/s1. The summed E-state index contributed by atoms with van der Waals surface area (Å²) in [6.07, 6.45) is 1.14. The Bertz CT molecular complexity index is 437. The summed E-state index contributed by atoms with van der Waals surface area (Å²) in [5.74, 6) is 1.55. The number of rotatable bonds is 1. The highest BCUT2D eigenvalue weighted by Gasteiger charge is 2.20. The van der Waals surface area contributed by atoms with E-state index in [2.05, 4.69) is 33.2 Å². The molecule has 1 atom stereocenters. The van der Waals surface area contributed by atoms with E-state index >= 15 is 0 Å². The Kier molecular flexibility index (Phi) is 3.55. The predicted molar refractivity (Wildman–Crippen MR) is 64.6 cm³/mol. The Morgan fingerprint density at radius 1 is 1.47 bits per heavy atom. The molecule has 1 aromatic heterocycles. The molecule has 17 heavy (non-hydrogen) atoms. The van der Waals surface area contributed by atoms with Crippen molar-refractivity contribution >= 4 is 5.82 Å². The fraction of sp³-hybridized carbons (Fsp3) is 0.583. The molecule has 1 saturated heterocycles. The summed E-state index contributed by atoms with van der Waals surface area (Å²) in [5.41, 5.74) is 0.452. The van der Waals surface area contributed by atoms with E-state index in [4.69, 9.17) is 5.26 Å². The molecular weight excluding hydrogens is 214 g/mol. The molecule has 2 N–H and O–H groups in total. The molecule has 90 valence electrons. The van der Waals surface area contributed by atoms with Gasteiger partial charge in [-0.25, -0.2) is 9.97 Å². The molecule has 0 aromatic carbocycles. The van der Waals surface area contributed by atoms with Gasteiger partial charge in [-0.15, -0.1) is 0 Å². The van der Waals surface area contributed by atoms with Gasteiger partial charge in [0.25, 0.3) is 0 Å². The summed E-state index contributed by atoms with van der Waals surface area (Å²) in [7, 11) is 0. The van der Waals surface area contributed by atoms with E-state index in [0.717, 1.165) is 31.9 Å². The number of nitrogens with zero attached hydrogens (tertiary/aromatic N) is 4. The van der Waals surface area contributed by atoms with Crippen molar-refractivity contribution in [3.05, 3.63) is 17.6 Å². The van der Waals surface area contributed by atoms with Crippen molar-refractivity contribution in [2.75, 3.05) is 24.5 Å². The zero-order valence-corrected chi connectivity index (χ0v) is 10.3. The highest BCUT2D eigenvalue weighted by atomic mass is 15.2. The van der Waals surface area contributed by atoms with Crippen LogP contribution in [0, 0.1) is 18.3 Å². The highest BCUT2D eigenvalue weighted by Crippen LogP contribution is 2.17. The lowest BCUT2D eigenvalue weighted by Gasteiger charge is -2.26. The van der Waals surface area contributed by atoms with Crippen LogP contribution in [0.15, 0.2) is 6.07 Å². The molecule has 0 bridgehead atoms. The van der Waals surface area contributed by atoms with Crippen molar-refractivity contribution in [1.29, 1.82) is 5.26 Å². The van der Waals surface area contributed by atoms with E-state index in [9.17, 15) is 0 Å². The summed E-state index contributed by atoms with van der Waals surface area (Å²) in [5, 5.41) is 11.3. The average Bonchev–Trinajstić information content (AvgIpc) is 2.53. The molecule has 5 heteroatoms. The van der Waals surface area contributed by atoms with Crippen molar-refractivity contribution in [3.63, 3.8) is 0 Å². The third-order valence-electron chi connectivity index (χ3n) is 3.13. The molecule has 1 fully saturated rings. The average molecular weight is 232 g/mol. The van der Waals surface area contributed by atoms with Gasteiger partial charge >= 0.3 is 0 Å². The minimum atomic E-state index is 0.452. The fourth-order valence-corrected chi connectivity index (χ4v) is 2.21. The Labute approximate surface area is 101 Å². The molecule has 5 nitrogen and oxygen atoms in total. The number of hydrogen-bond acceptors (Lipinski definition) is 4. The Morgan fingerprint density at radius 2 is 2.29 bits per heavy atom. The van der Waals surface area contributed by atoms with Crippen LogP contribution in [0.4, 0.5) is 5.82 Å². The number of aromatic nitrogens is 2. The Balaban J connectivity index is 2.31. The third kappa shape index (κ3) is 2.71. The van der Waals surface area contributed by atoms with Gasteiger partial charge < -0.3 is 10.2 Å². The van der Waals surface area contributed by atoms with Crippen LogP contribution in [0.5, 0.6) is 0 Å². The number of hydrogen-bond donors (Lipinski definition) is 1. The van der Waals surface area contributed by atoms with E-state index in [1.807, 2.05) is 6.92 Å². The first-order valence-electron chi connectivity index (χ1n) is 6.05. The van der Waals surface area contributed by atoms with Gasteiger partial charge in [0.05, 0.1) is 19.6 Å². The minimum Gasteiger partial charge on any atom is -0.348 e. The SMILES string of the molecule is Cc1nc(C#N)cc(N2CC[NH2+]CC[C@@H]2C)n1. The van der Waals surface area contributed by atoms with Gasteiger partial charge in [-0.2, -0.15) is 5.26 Å².